The highest BCUT2D eigenvalue weighted by Crippen LogP contribution is 2.30. The molecule has 1 aromatic rings. The Morgan fingerprint density at radius 2 is 2.33 bits per heavy atom. The smallest absolute Gasteiger partial charge is 0.298 e. The van der Waals surface area contributed by atoms with Crippen LogP contribution in [0.25, 0.3) is 0 Å². The van der Waals surface area contributed by atoms with Gasteiger partial charge in [0.2, 0.25) is 0 Å². The molecule has 1 aliphatic rings. The fourth-order valence-electron chi connectivity index (χ4n) is 1.09. The Balaban J connectivity index is 2.08. The molecule has 0 aromatic heterocycles. The van der Waals surface area contributed by atoms with Crippen molar-refractivity contribution in [2.75, 3.05) is 13.2 Å². The zero-order chi connectivity index (χ0) is 10.7. The molecule has 0 aliphatic carbocycles. The van der Waals surface area contributed by atoms with Crippen LogP contribution in [0, 0.1) is 0 Å². The van der Waals surface area contributed by atoms with Crippen LogP contribution < -0.4 is 9.47 Å². The number of benzene rings is 1. The number of hydrogen-bond acceptors (Lipinski definition) is 4. The van der Waals surface area contributed by atoms with Crippen molar-refractivity contribution in [3.05, 3.63) is 22.7 Å². The maximum absolute atomic E-state index is 10.2. The highest BCUT2D eigenvalue weighted by atomic mass is 79.9. The average molecular weight is 273 g/mol. The zero-order valence-corrected chi connectivity index (χ0v) is 9.40. The Labute approximate surface area is 95.3 Å². The Hall–Kier alpha value is -1.07. The number of ether oxygens (including phenoxy) is 3. The minimum atomic E-state index is 0.174. The molecule has 1 saturated heterocycles. The second-order valence-electron chi connectivity index (χ2n) is 3.07. The molecule has 0 amide bonds. The van der Waals surface area contributed by atoms with E-state index in [-0.39, 0.29) is 6.10 Å². The van der Waals surface area contributed by atoms with Gasteiger partial charge in [-0.25, -0.2) is 0 Å². The highest BCUT2D eigenvalue weighted by molar-refractivity contribution is 9.10. The number of carbonyl (C=O) groups excluding carboxylic acids is 1. The summed E-state index contributed by atoms with van der Waals surface area (Å²) in [4.78, 5) is 10.2. The Bertz CT molecular complexity index is 362. The second kappa shape index (κ2) is 4.63. The number of rotatable bonds is 5. The van der Waals surface area contributed by atoms with Crippen LogP contribution in [-0.2, 0) is 9.53 Å². The second-order valence-corrected chi connectivity index (χ2v) is 3.99. The van der Waals surface area contributed by atoms with E-state index in [9.17, 15) is 4.79 Å². The quantitative estimate of drug-likeness (QED) is 0.606. The van der Waals surface area contributed by atoms with Gasteiger partial charge in [0.15, 0.2) is 11.5 Å². The molecule has 0 saturated carbocycles. The lowest BCUT2D eigenvalue weighted by molar-refractivity contribution is -0.120. The topological polar surface area (TPSA) is 48.1 Å². The molecule has 1 unspecified atom stereocenters. The summed E-state index contributed by atoms with van der Waals surface area (Å²) in [5.41, 5.74) is 0. The van der Waals surface area contributed by atoms with Gasteiger partial charge in [0.25, 0.3) is 6.47 Å². The Kier molecular flexibility index (Phi) is 3.23. The van der Waals surface area contributed by atoms with Crippen molar-refractivity contribution in [3.63, 3.8) is 0 Å². The molecule has 5 heteroatoms. The van der Waals surface area contributed by atoms with Gasteiger partial charge in [0.1, 0.15) is 12.7 Å². The van der Waals surface area contributed by atoms with Crippen molar-refractivity contribution >= 4 is 22.4 Å². The van der Waals surface area contributed by atoms with Gasteiger partial charge in [-0.3, -0.25) is 4.79 Å². The maximum Gasteiger partial charge on any atom is 0.298 e. The van der Waals surface area contributed by atoms with E-state index in [0.717, 1.165) is 11.1 Å². The minimum Gasteiger partial charge on any atom is -0.487 e. The van der Waals surface area contributed by atoms with Crippen LogP contribution in [0.15, 0.2) is 22.7 Å². The van der Waals surface area contributed by atoms with Gasteiger partial charge in [-0.05, 0) is 18.2 Å². The van der Waals surface area contributed by atoms with E-state index < -0.39 is 0 Å². The number of carbonyl (C=O) groups is 1. The SMILES string of the molecule is O=COc1ccc(Br)cc1OCC1CO1. The molecule has 15 heavy (non-hydrogen) atoms. The van der Waals surface area contributed by atoms with Gasteiger partial charge in [-0.2, -0.15) is 0 Å². The fraction of sp³-hybridized carbons (Fsp3) is 0.300. The molecule has 1 aromatic carbocycles. The molecule has 1 heterocycles. The van der Waals surface area contributed by atoms with Crippen molar-refractivity contribution in [2.24, 2.45) is 0 Å². The number of hydrogen-bond donors (Lipinski definition) is 0. The average Bonchev–Trinajstić information content (AvgIpc) is 3.02. The van der Waals surface area contributed by atoms with Crippen LogP contribution in [0.5, 0.6) is 11.5 Å². The maximum atomic E-state index is 10.2. The van der Waals surface area contributed by atoms with Gasteiger partial charge >= 0.3 is 0 Å². The van der Waals surface area contributed by atoms with Crippen molar-refractivity contribution in [1.82, 2.24) is 0 Å². The van der Waals surface area contributed by atoms with Crippen molar-refractivity contribution in [2.45, 2.75) is 6.10 Å². The standard InChI is InChI=1S/C10H9BrO4/c11-7-1-2-9(15-6-12)10(3-7)14-5-8-4-13-8/h1-3,6,8H,4-5H2. The summed E-state index contributed by atoms with van der Waals surface area (Å²) >= 11 is 3.31. The van der Waals surface area contributed by atoms with E-state index in [1.807, 2.05) is 0 Å². The Morgan fingerprint density at radius 1 is 1.53 bits per heavy atom. The van der Waals surface area contributed by atoms with Crippen LogP contribution in [0.2, 0.25) is 0 Å². The highest BCUT2D eigenvalue weighted by Gasteiger charge is 2.23. The summed E-state index contributed by atoms with van der Waals surface area (Å²) in [7, 11) is 0. The molecular weight excluding hydrogens is 264 g/mol. The monoisotopic (exact) mass is 272 g/mol. The van der Waals surface area contributed by atoms with Gasteiger partial charge in [0.05, 0.1) is 6.61 Å². The lowest BCUT2D eigenvalue weighted by Crippen LogP contribution is -2.05. The van der Waals surface area contributed by atoms with Gasteiger partial charge < -0.3 is 14.2 Å². The predicted octanol–water partition coefficient (Wildman–Crippen LogP) is 1.76. The van der Waals surface area contributed by atoms with E-state index in [1.165, 1.54) is 0 Å². The lowest BCUT2D eigenvalue weighted by Gasteiger charge is -2.08. The molecule has 1 fully saturated rings. The van der Waals surface area contributed by atoms with Gasteiger partial charge in [-0.15, -0.1) is 0 Å². The van der Waals surface area contributed by atoms with Crippen LogP contribution in [-0.4, -0.2) is 25.8 Å². The molecule has 2 rings (SSSR count). The Morgan fingerprint density at radius 3 is 3.00 bits per heavy atom. The summed E-state index contributed by atoms with van der Waals surface area (Å²) < 4.78 is 16.1. The van der Waals surface area contributed by atoms with E-state index in [1.54, 1.807) is 18.2 Å². The summed E-state index contributed by atoms with van der Waals surface area (Å²) in [6, 6.07) is 5.20. The molecule has 0 spiro atoms. The van der Waals surface area contributed by atoms with Gasteiger partial charge in [0, 0.05) is 4.47 Å². The minimum absolute atomic E-state index is 0.174. The normalized spacial score (nSPS) is 18.3. The summed E-state index contributed by atoms with van der Waals surface area (Å²) in [6.45, 7) is 1.59. The fourth-order valence-corrected chi connectivity index (χ4v) is 1.43. The molecule has 1 aliphatic heterocycles. The molecule has 0 radical (unpaired) electrons. The largest absolute Gasteiger partial charge is 0.487 e. The summed E-state index contributed by atoms with van der Waals surface area (Å²) in [5, 5.41) is 0. The molecule has 0 bridgehead atoms. The third kappa shape index (κ3) is 2.94. The van der Waals surface area contributed by atoms with Crippen LogP contribution in [0.4, 0.5) is 0 Å². The first-order valence-corrected chi connectivity index (χ1v) is 5.23. The van der Waals surface area contributed by atoms with E-state index in [0.29, 0.717) is 24.6 Å². The molecule has 4 nitrogen and oxygen atoms in total. The van der Waals surface area contributed by atoms with Crippen molar-refractivity contribution in [1.29, 1.82) is 0 Å². The van der Waals surface area contributed by atoms with E-state index in [2.05, 4.69) is 15.9 Å². The van der Waals surface area contributed by atoms with E-state index in [4.69, 9.17) is 14.2 Å². The first kappa shape index (κ1) is 10.4. The number of halogens is 1. The first-order valence-electron chi connectivity index (χ1n) is 4.44. The van der Waals surface area contributed by atoms with Crippen molar-refractivity contribution in [3.8, 4) is 11.5 Å². The lowest BCUT2D eigenvalue weighted by atomic mass is 10.3. The molecule has 0 N–H and O–H groups in total. The third-order valence-electron chi connectivity index (χ3n) is 1.91. The van der Waals surface area contributed by atoms with Gasteiger partial charge in [-0.1, -0.05) is 15.9 Å². The molecule has 80 valence electrons. The first-order chi connectivity index (χ1) is 7.29. The van der Waals surface area contributed by atoms with Crippen LogP contribution in [0.1, 0.15) is 0 Å². The number of epoxide rings is 1. The summed E-state index contributed by atoms with van der Waals surface area (Å²) in [6.07, 6.45) is 0.174. The predicted molar refractivity (Wildman–Crippen MR) is 56.1 cm³/mol. The van der Waals surface area contributed by atoms with Crippen molar-refractivity contribution < 1.29 is 19.0 Å². The third-order valence-corrected chi connectivity index (χ3v) is 2.40. The van der Waals surface area contributed by atoms with E-state index >= 15 is 0 Å². The summed E-state index contributed by atoms with van der Waals surface area (Å²) in [5.74, 6) is 0.945. The van der Waals surface area contributed by atoms with Crippen LogP contribution in [0.3, 0.4) is 0 Å². The van der Waals surface area contributed by atoms with Crippen LogP contribution >= 0.6 is 15.9 Å². The molecular formula is C10H9BrO4. The zero-order valence-electron chi connectivity index (χ0n) is 7.81. The molecule has 1 atom stereocenters.